The van der Waals surface area contributed by atoms with Crippen molar-refractivity contribution in [2.45, 2.75) is 31.7 Å². The van der Waals surface area contributed by atoms with Crippen LogP contribution in [0.5, 0.6) is 0 Å². The molecule has 12 heavy (non-hydrogen) atoms. The molecule has 0 aromatic carbocycles. The van der Waals surface area contributed by atoms with Gasteiger partial charge in [0.25, 0.3) is 0 Å². The molecule has 1 atom stereocenters. The lowest BCUT2D eigenvalue weighted by Crippen LogP contribution is -2.44. The van der Waals surface area contributed by atoms with Crippen LogP contribution >= 0.6 is 0 Å². The number of hydroxylamine groups is 3. The molecule has 0 aromatic rings. The third kappa shape index (κ3) is 1.19. The van der Waals surface area contributed by atoms with E-state index in [1.54, 1.807) is 0 Å². The first-order valence-electron chi connectivity index (χ1n) is 4.51. The Morgan fingerprint density at radius 3 is 2.58 bits per heavy atom. The summed E-state index contributed by atoms with van der Waals surface area (Å²) in [6.07, 6.45) is 7.23. The van der Waals surface area contributed by atoms with Crippen LogP contribution in [-0.4, -0.2) is 23.0 Å². The summed E-state index contributed by atoms with van der Waals surface area (Å²) in [4.78, 5) is 10.9. The van der Waals surface area contributed by atoms with Crippen molar-refractivity contribution >= 4 is 5.78 Å². The van der Waals surface area contributed by atoms with Gasteiger partial charge in [-0.15, -0.1) is 0 Å². The second kappa shape index (κ2) is 2.68. The van der Waals surface area contributed by atoms with Crippen molar-refractivity contribution in [1.29, 1.82) is 0 Å². The van der Waals surface area contributed by atoms with Crippen LogP contribution in [-0.2, 0) is 4.79 Å². The van der Waals surface area contributed by atoms with Gasteiger partial charge in [-0.2, -0.15) is 0 Å². The minimum Gasteiger partial charge on any atom is -0.627 e. The Bertz CT molecular complexity index is 231. The highest BCUT2D eigenvalue weighted by molar-refractivity contribution is 5.92. The van der Waals surface area contributed by atoms with Crippen LogP contribution in [0.2, 0.25) is 0 Å². The summed E-state index contributed by atoms with van der Waals surface area (Å²) in [7, 11) is 0. The van der Waals surface area contributed by atoms with Gasteiger partial charge >= 0.3 is 0 Å². The maximum Gasteiger partial charge on any atom is 0.215 e. The highest BCUT2D eigenvalue weighted by Gasteiger charge is 2.34. The lowest BCUT2D eigenvalue weighted by molar-refractivity contribution is -0.843. The predicted molar refractivity (Wildman–Crippen MR) is 44.9 cm³/mol. The molecule has 0 bridgehead atoms. The molecule has 66 valence electrons. The number of ketones is 1. The van der Waals surface area contributed by atoms with Gasteiger partial charge < -0.3 is 9.85 Å². The number of nitrogens with zero attached hydrogens (tertiary/aromatic N) is 1. The average molecular weight is 167 g/mol. The highest BCUT2D eigenvalue weighted by Crippen LogP contribution is 2.31. The smallest absolute Gasteiger partial charge is 0.215 e. The summed E-state index contributed by atoms with van der Waals surface area (Å²) >= 11 is 0. The maximum atomic E-state index is 11.9. The standard InChI is InChI=1S/C9H13NO2/c11-9-5-6-10(12,7-9)8-3-1-2-4-8/h5-6,8H,1-4,7H2. The van der Waals surface area contributed by atoms with Gasteiger partial charge in [-0.05, 0) is 12.8 Å². The molecular weight excluding hydrogens is 154 g/mol. The van der Waals surface area contributed by atoms with E-state index in [0.29, 0.717) is 0 Å². The van der Waals surface area contributed by atoms with E-state index in [1.165, 1.54) is 12.3 Å². The first-order chi connectivity index (χ1) is 5.71. The lowest BCUT2D eigenvalue weighted by Gasteiger charge is -2.40. The Labute approximate surface area is 71.8 Å². The SMILES string of the molecule is O=C1C=C[N+]([O-])(C2CCCC2)C1. The van der Waals surface area contributed by atoms with Gasteiger partial charge in [-0.25, -0.2) is 0 Å². The Hall–Kier alpha value is -0.670. The monoisotopic (exact) mass is 167 g/mol. The van der Waals surface area contributed by atoms with Crippen molar-refractivity contribution in [2.75, 3.05) is 6.54 Å². The Morgan fingerprint density at radius 1 is 1.42 bits per heavy atom. The zero-order valence-electron chi connectivity index (χ0n) is 7.03. The molecule has 2 aliphatic rings. The molecule has 3 heteroatoms. The van der Waals surface area contributed by atoms with E-state index in [0.717, 1.165) is 25.7 Å². The molecule has 0 saturated heterocycles. The van der Waals surface area contributed by atoms with Gasteiger partial charge in [0.1, 0.15) is 12.7 Å². The number of carbonyl (C=O) groups excluding carboxylic acids is 1. The minimum atomic E-state index is -0.376. The van der Waals surface area contributed by atoms with Crippen LogP contribution in [0, 0.1) is 5.21 Å². The summed E-state index contributed by atoms with van der Waals surface area (Å²) < 4.78 is -0.376. The zero-order chi connectivity index (χ0) is 8.60. The van der Waals surface area contributed by atoms with Crippen molar-refractivity contribution < 1.29 is 9.44 Å². The molecule has 0 amide bonds. The second-order valence-electron chi connectivity index (χ2n) is 3.73. The van der Waals surface area contributed by atoms with E-state index < -0.39 is 0 Å². The van der Waals surface area contributed by atoms with E-state index in [4.69, 9.17) is 0 Å². The van der Waals surface area contributed by atoms with Gasteiger partial charge in [-0.3, -0.25) is 4.79 Å². The maximum absolute atomic E-state index is 11.9. The van der Waals surface area contributed by atoms with Gasteiger partial charge in [0.2, 0.25) is 5.78 Å². The molecule has 0 spiro atoms. The Morgan fingerprint density at radius 2 is 2.08 bits per heavy atom. The second-order valence-corrected chi connectivity index (χ2v) is 3.73. The first-order valence-corrected chi connectivity index (χ1v) is 4.51. The van der Waals surface area contributed by atoms with Crippen LogP contribution in [0.1, 0.15) is 25.7 Å². The number of rotatable bonds is 1. The summed E-state index contributed by atoms with van der Waals surface area (Å²) in [6.45, 7) is 0.144. The minimum absolute atomic E-state index is 0.0168. The molecule has 1 heterocycles. The third-order valence-corrected chi connectivity index (χ3v) is 2.86. The number of quaternary nitrogens is 1. The molecular formula is C9H13NO2. The van der Waals surface area contributed by atoms with Crippen LogP contribution in [0.3, 0.4) is 0 Å². The van der Waals surface area contributed by atoms with Crippen molar-refractivity contribution in [3.63, 3.8) is 0 Å². The number of carbonyl (C=O) groups is 1. The van der Waals surface area contributed by atoms with Crippen LogP contribution in [0.15, 0.2) is 12.3 Å². The van der Waals surface area contributed by atoms with E-state index in [9.17, 15) is 10.0 Å². The molecule has 2 rings (SSSR count). The normalized spacial score (nSPS) is 36.6. The number of hydrogen-bond acceptors (Lipinski definition) is 2. The van der Waals surface area contributed by atoms with E-state index in [1.807, 2.05) is 0 Å². The van der Waals surface area contributed by atoms with Crippen molar-refractivity contribution in [1.82, 2.24) is 0 Å². The topological polar surface area (TPSA) is 40.1 Å². The van der Waals surface area contributed by atoms with E-state index >= 15 is 0 Å². The fourth-order valence-electron chi connectivity index (χ4n) is 2.15. The van der Waals surface area contributed by atoms with Crippen molar-refractivity contribution in [3.8, 4) is 0 Å². The summed E-state index contributed by atoms with van der Waals surface area (Å²) in [6, 6.07) is 0.160. The predicted octanol–water partition coefficient (Wildman–Crippen LogP) is 1.34. The molecule has 1 aliphatic heterocycles. The van der Waals surface area contributed by atoms with Gasteiger partial charge in [0, 0.05) is 18.9 Å². The zero-order valence-corrected chi connectivity index (χ0v) is 7.03. The van der Waals surface area contributed by atoms with Gasteiger partial charge in [0.15, 0.2) is 0 Å². The fraction of sp³-hybridized carbons (Fsp3) is 0.667. The summed E-state index contributed by atoms with van der Waals surface area (Å²) in [5.74, 6) is -0.0168. The third-order valence-electron chi connectivity index (χ3n) is 2.86. The van der Waals surface area contributed by atoms with Gasteiger partial charge in [-0.1, -0.05) is 0 Å². The molecule has 0 aromatic heterocycles. The Kier molecular flexibility index (Phi) is 1.77. The quantitative estimate of drug-likeness (QED) is 0.436. The lowest BCUT2D eigenvalue weighted by atomic mass is 10.2. The first kappa shape index (κ1) is 7.95. The fourth-order valence-corrected chi connectivity index (χ4v) is 2.15. The Balaban J connectivity index is 2.11. The molecule has 3 nitrogen and oxygen atoms in total. The van der Waals surface area contributed by atoms with Crippen LogP contribution < -0.4 is 0 Å². The largest absolute Gasteiger partial charge is 0.627 e. The van der Waals surface area contributed by atoms with Crippen LogP contribution in [0.4, 0.5) is 0 Å². The molecule has 1 unspecified atom stereocenters. The summed E-state index contributed by atoms with van der Waals surface area (Å²) in [5.41, 5.74) is 0. The van der Waals surface area contributed by atoms with Crippen LogP contribution in [0.25, 0.3) is 0 Å². The molecule has 1 fully saturated rings. The van der Waals surface area contributed by atoms with Crippen molar-refractivity contribution in [3.05, 3.63) is 17.5 Å². The molecule has 0 radical (unpaired) electrons. The highest BCUT2D eigenvalue weighted by atomic mass is 16.5. The molecule has 1 aliphatic carbocycles. The number of hydrogen-bond donors (Lipinski definition) is 0. The van der Waals surface area contributed by atoms with E-state index in [2.05, 4.69) is 0 Å². The average Bonchev–Trinajstić information content (AvgIpc) is 2.59. The molecule has 1 saturated carbocycles. The van der Waals surface area contributed by atoms with Gasteiger partial charge in [0.05, 0.1) is 6.04 Å². The summed E-state index contributed by atoms with van der Waals surface area (Å²) in [5, 5.41) is 11.9. The van der Waals surface area contributed by atoms with Crippen molar-refractivity contribution in [2.24, 2.45) is 0 Å². The molecule has 0 N–H and O–H groups in total. The van der Waals surface area contributed by atoms with E-state index in [-0.39, 0.29) is 23.0 Å².